The molecule has 15 heavy (non-hydrogen) atoms. The van der Waals surface area contributed by atoms with E-state index in [1.807, 2.05) is 20.8 Å². The summed E-state index contributed by atoms with van der Waals surface area (Å²) in [5.74, 6) is 0.151. The molecule has 0 heterocycles. The van der Waals surface area contributed by atoms with Crippen molar-refractivity contribution in [2.75, 3.05) is 13.2 Å². The Morgan fingerprint density at radius 3 is 2.40 bits per heavy atom. The van der Waals surface area contributed by atoms with Gasteiger partial charge in [0.05, 0.1) is 19.6 Å². The van der Waals surface area contributed by atoms with Crippen LogP contribution in [0.25, 0.3) is 0 Å². The molecule has 0 radical (unpaired) electrons. The Morgan fingerprint density at radius 1 is 1.40 bits per heavy atom. The number of carbonyl (C=O) groups excluding carboxylic acids is 1. The maximum Gasteiger partial charge on any atom is 0.307 e. The Balaban J connectivity index is 3.90. The first-order valence-corrected chi connectivity index (χ1v) is 5.53. The zero-order valence-corrected chi connectivity index (χ0v) is 10.1. The largest absolute Gasteiger partial charge is 0.466 e. The summed E-state index contributed by atoms with van der Waals surface area (Å²) in [6.45, 7) is 8.28. The van der Waals surface area contributed by atoms with E-state index in [2.05, 4.69) is 5.32 Å². The van der Waals surface area contributed by atoms with Gasteiger partial charge < -0.3 is 15.2 Å². The fraction of sp³-hybridized carbons (Fsp3) is 0.909. The summed E-state index contributed by atoms with van der Waals surface area (Å²) in [7, 11) is 0. The second kappa shape index (κ2) is 7.65. The number of carbonyl (C=O) groups is 1. The van der Waals surface area contributed by atoms with E-state index in [9.17, 15) is 4.79 Å². The van der Waals surface area contributed by atoms with Gasteiger partial charge in [-0.05, 0) is 19.8 Å². The first-order chi connectivity index (χ1) is 7.01. The third kappa shape index (κ3) is 6.47. The molecule has 0 aromatic heterocycles. The minimum absolute atomic E-state index is 0.0311. The van der Waals surface area contributed by atoms with Crippen LogP contribution in [0.1, 0.15) is 34.1 Å². The molecule has 0 amide bonds. The molecule has 2 atom stereocenters. The van der Waals surface area contributed by atoms with Gasteiger partial charge >= 0.3 is 5.97 Å². The van der Waals surface area contributed by atoms with Crippen LogP contribution in [0.15, 0.2) is 0 Å². The molecule has 0 aliphatic heterocycles. The predicted molar refractivity (Wildman–Crippen MR) is 59.6 cm³/mol. The third-order valence-corrected chi connectivity index (χ3v) is 2.28. The molecular weight excluding hydrogens is 194 g/mol. The molecule has 2 N–H and O–H groups in total. The van der Waals surface area contributed by atoms with Gasteiger partial charge in [-0.2, -0.15) is 0 Å². The third-order valence-electron chi connectivity index (χ3n) is 2.28. The molecule has 4 heteroatoms. The van der Waals surface area contributed by atoms with E-state index in [0.717, 1.165) is 0 Å². The minimum atomic E-state index is -0.196. The molecule has 0 bridgehead atoms. The van der Waals surface area contributed by atoms with Crippen LogP contribution in [0.3, 0.4) is 0 Å². The summed E-state index contributed by atoms with van der Waals surface area (Å²) >= 11 is 0. The summed E-state index contributed by atoms with van der Waals surface area (Å²) < 4.78 is 4.85. The van der Waals surface area contributed by atoms with Gasteiger partial charge in [0.15, 0.2) is 0 Å². The van der Waals surface area contributed by atoms with E-state index in [1.165, 1.54) is 0 Å². The molecule has 0 saturated heterocycles. The van der Waals surface area contributed by atoms with Crippen molar-refractivity contribution >= 4 is 5.97 Å². The normalized spacial score (nSPS) is 15.1. The quantitative estimate of drug-likeness (QED) is 0.623. The Labute approximate surface area is 92.0 Å². The van der Waals surface area contributed by atoms with E-state index < -0.39 is 0 Å². The van der Waals surface area contributed by atoms with Crippen molar-refractivity contribution in [2.24, 2.45) is 5.92 Å². The Bertz CT molecular complexity index is 183. The number of aliphatic hydroxyl groups is 1. The first-order valence-electron chi connectivity index (χ1n) is 5.53. The lowest BCUT2D eigenvalue weighted by Crippen LogP contribution is -2.43. The van der Waals surface area contributed by atoms with Crippen molar-refractivity contribution in [3.8, 4) is 0 Å². The Morgan fingerprint density at radius 2 is 2.00 bits per heavy atom. The molecule has 0 rings (SSSR count). The van der Waals surface area contributed by atoms with Gasteiger partial charge in [0.25, 0.3) is 0 Å². The van der Waals surface area contributed by atoms with Crippen LogP contribution in [0.5, 0.6) is 0 Å². The van der Waals surface area contributed by atoms with E-state index in [1.54, 1.807) is 6.92 Å². The number of esters is 1. The van der Waals surface area contributed by atoms with Crippen molar-refractivity contribution in [2.45, 2.75) is 46.2 Å². The molecule has 0 aliphatic carbocycles. The van der Waals surface area contributed by atoms with Crippen molar-refractivity contribution in [3.63, 3.8) is 0 Å². The van der Waals surface area contributed by atoms with Gasteiger partial charge in [0.1, 0.15) is 0 Å². The highest BCUT2D eigenvalue weighted by molar-refractivity contribution is 5.70. The van der Waals surface area contributed by atoms with Gasteiger partial charge in [-0.3, -0.25) is 4.79 Å². The number of hydrogen-bond donors (Lipinski definition) is 2. The summed E-state index contributed by atoms with van der Waals surface area (Å²) in [4.78, 5) is 11.2. The summed E-state index contributed by atoms with van der Waals surface area (Å²) in [5, 5.41) is 12.3. The van der Waals surface area contributed by atoms with Gasteiger partial charge in [-0.1, -0.05) is 13.8 Å². The lowest BCUT2D eigenvalue weighted by molar-refractivity contribution is -0.143. The zero-order chi connectivity index (χ0) is 11.8. The van der Waals surface area contributed by atoms with Crippen LogP contribution in [-0.2, 0) is 9.53 Å². The zero-order valence-electron chi connectivity index (χ0n) is 10.1. The molecule has 90 valence electrons. The SMILES string of the molecule is CCOC(=O)CC(C)N[C@H](CO)C(C)C. The van der Waals surface area contributed by atoms with Crippen molar-refractivity contribution in [1.82, 2.24) is 5.32 Å². The first kappa shape index (κ1) is 14.4. The molecule has 0 fully saturated rings. The van der Waals surface area contributed by atoms with E-state index in [0.29, 0.717) is 18.9 Å². The van der Waals surface area contributed by atoms with E-state index in [4.69, 9.17) is 9.84 Å². The van der Waals surface area contributed by atoms with Crippen LogP contribution in [0.2, 0.25) is 0 Å². The lowest BCUT2D eigenvalue weighted by Gasteiger charge is -2.24. The molecule has 0 spiro atoms. The number of rotatable bonds is 7. The average Bonchev–Trinajstić information content (AvgIpc) is 2.13. The molecule has 4 nitrogen and oxygen atoms in total. The average molecular weight is 217 g/mol. The number of aliphatic hydroxyl groups excluding tert-OH is 1. The maximum absolute atomic E-state index is 11.2. The molecule has 0 aromatic rings. The van der Waals surface area contributed by atoms with E-state index in [-0.39, 0.29) is 24.7 Å². The number of ether oxygens (including phenoxy) is 1. The molecule has 0 aliphatic rings. The van der Waals surface area contributed by atoms with Crippen molar-refractivity contribution in [1.29, 1.82) is 0 Å². The van der Waals surface area contributed by atoms with Gasteiger partial charge in [-0.15, -0.1) is 0 Å². The van der Waals surface area contributed by atoms with Crippen molar-refractivity contribution < 1.29 is 14.6 Å². The highest BCUT2D eigenvalue weighted by atomic mass is 16.5. The lowest BCUT2D eigenvalue weighted by atomic mass is 10.0. The smallest absolute Gasteiger partial charge is 0.307 e. The van der Waals surface area contributed by atoms with Crippen LogP contribution >= 0.6 is 0 Å². The summed E-state index contributed by atoms with van der Waals surface area (Å²) in [5.41, 5.74) is 0. The monoisotopic (exact) mass is 217 g/mol. The second-order valence-electron chi connectivity index (χ2n) is 4.11. The van der Waals surface area contributed by atoms with Gasteiger partial charge in [0.2, 0.25) is 0 Å². The molecule has 0 saturated carbocycles. The Hall–Kier alpha value is -0.610. The van der Waals surface area contributed by atoms with Crippen LogP contribution < -0.4 is 5.32 Å². The van der Waals surface area contributed by atoms with Crippen LogP contribution in [0.4, 0.5) is 0 Å². The predicted octanol–water partition coefficient (Wildman–Crippen LogP) is 0.935. The van der Waals surface area contributed by atoms with Crippen molar-refractivity contribution in [3.05, 3.63) is 0 Å². The Kier molecular flexibility index (Phi) is 7.34. The van der Waals surface area contributed by atoms with Crippen LogP contribution in [0, 0.1) is 5.92 Å². The minimum Gasteiger partial charge on any atom is -0.466 e. The topological polar surface area (TPSA) is 58.6 Å². The highest BCUT2D eigenvalue weighted by Gasteiger charge is 2.17. The maximum atomic E-state index is 11.2. The van der Waals surface area contributed by atoms with E-state index >= 15 is 0 Å². The van der Waals surface area contributed by atoms with Gasteiger partial charge in [0, 0.05) is 12.1 Å². The summed E-state index contributed by atoms with van der Waals surface area (Å²) in [6, 6.07) is 0.0676. The number of hydrogen-bond acceptors (Lipinski definition) is 4. The molecule has 1 unspecified atom stereocenters. The summed E-state index contributed by atoms with van der Waals surface area (Å²) in [6.07, 6.45) is 0.344. The highest BCUT2D eigenvalue weighted by Crippen LogP contribution is 2.04. The van der Waals surface area contributed by atoms with Crippen LogP contribution in [-0.4, -0.2) is 36.4 Å². The van der Waals surface area contributed by atoms with Gasteiger partial charge in [-0.25, -0.2) is 0 Å². The second-order valence-corrected chi connectivity index (χ2v) is 4.11. The number of nitrogens with one attached hydrogen (secondary N) is 1. The molecule has 0 aromatic carbocycles. The fourth-order valence-corrected chi connectivity index (χ4v) is 1.35. The fourth-order valence-electron chi connectivity index (χ4n) is 1.35. The standard InChI is InChI=1S/C11H23NO3/c1-5-15-11(14)6-9(4)12-10(7-13)8(2)3/h8-10,12-13H,5-7H2,1-4H3/t9?,10-/m1/s1. The molecular formula is C11H23NO3.